The third kappa shape index (κ3) is 3.40. The molecule has 1 aliphatic heterocycles. The summed E-state index contributed by atoms with van der Waals surface area (Å²) in [4.78, 5) is 46.1. The molecule has 11 heteroatoms. The maximum Gasteiger partial charge on any atom is 0.301 e. The highest BCUT2D eigenvalue weighted by molar-refractivity contribution is 6.22. The predicted molar refractivity (Wildman–Crippen MR) is 98.3 cm³/mol. The Morgan fingerprint density at radius 3 is 2.18 bits per heavy atom. The van der Waals surface area contributed by atoms with E-state index in [9.17, 15) is 29.8 Å². The molecule has 0 aromatic heterocycles. The van der Waals surface area contributed by atoms with E-state index in [4.69, 9.17) is 0 Å². The van der Waals surface area contributed by atoms with E-state index in [1.54, 1.807) is 24.3 Å². The number of hydrogen-bond acceptors (Lipinski definition) is 8. The molecule has 142 valence electrons. The number of nitrogens with one attached hydrogen (secondary N) is 1. The lowest BCUT2D eigenvalue weighted by molar-refractivity contribution is -0.393. The molecular formula is C17H13N5O6. The third-order valence-electron chi connectivity index (χ3n) is 4.02. The molecule has 2 aromatic carbocycles. The van der Waals surface area contributed by atoms with Gasteiger partial charge in [0.15, 0.2) is 0 Å². The Bertz CT molecular complexity index is 1010. The molecule has 0 aliphatic carbocycles. The summed E-state index contributed by atoms with van der Waals surface area (Å²) in [6.45, 7) is 1.42. The van der Waals surface area contributed by atoms with Gasteiger partial charge < -0.3 is 0 Å². The van der Waals surface area contributed by atoms with Crippen molar-refractivity contribution in [2.45, 2.75) is 6.92 Å². The molecule has 2 aromatic rings. The minimum absolute atomic E-state index is 0.0580. The number of carbonyl (C=O) groups is 2. The Morgan fingerprint density at radius 1 is 1.04 bits per heavy atom. The first-order valence-electron chi connectivity index (χ1n) is 7.97. The maximum atomic E-state index is 12.3. The zero-order valence-corrected chi connectivity index (χ0v) is 14.5. The van der Waals surface area contributed by atoms with Crippen LogP contribution in [0.25, 0.3) is 0 Å². The molecule has 0 atom stereocenters. The second kappa shape index (κ2) is 7.23. The zero-order chi connectivity index (χ0) is 20.4. The highest BCUT2D eigenvalue weighted by Gasteiger charge is 2.35. The van der Waals surface area contributed by atoms with Gasteiger partial charge in [0.2, 0.25) is 0 Å². The molecule has 2 amide bonds. The number of carbonyl (C=O) groups excluding carboxylic acids is 2. The first kappa shape index (κ1) is 18.6. The van der Waals surface area contributed by atoms with Crippen molar-refractivity contribution >= 4 is 34.6 Å². The molecule has 11 nitrogen and oxygen atoms in total. The number of amides is 2. The summed E-state index contributed by atoms with van der Waals surface area (Å²) >= 11 is 0. The average Bonchev–Trinajstić information content (AvgIpc) is 2.91. The van der Waals surface area contributed by atoms with Gasteiger partial charge in [-0.1, -0.05) is 12.1 Å². The molecule has 0 unspecified atom stereocenters. The summed E-state index contributed by atoms with van der Waals surface area (Å²) < 4.78 is 0. The predicted octanol–water partition coefficient (Wildman–Crippen LogP) is 2.59. The Labute approximate surface area is 157 Å². The van der Waals surface area contributed by atoms with Gasteiger partial charge in [-0.2, -0.15) is 5.10 Å². The molecule has 1 N–H and O–H groups in total. The van der Waals surface area contributed by atoms with Gasteiger partial charge in [0, 0.05) is 6.07 Å². The molecule has 0 fully saturated rings. The van der Waals surface area contributed by atoms with Gasteiger partial charge in [0.25, 0.3) is 17.5 Å². The summed E-state index contributed by atoms with van der Waals surface area (Å²) in [6.07, 6.45) is 0. The van der Waals surface area contributed by atoms with E-state index >= 15 is 0 Å². The van der Waals surface area contributed by atoms with Crippen molar-refractivity contribution in [2.24, 2.45) is 5.10 Å². The van der Waals surface area contributed by atoms with Crippen LogP contribution in [0.1, 0.15) is 27.6 Å². The normalized spacial score (nSPS) is 13.5. The minimum Gasteiger partial charge on any atom is -0.272 e. The molecule has 1 aliphatic rings. The molecule has 28 heavy (non-hydrogen) atoms. The lowest BCUT2D eigenvalue weighted by Gasteiger charge is -2.13. The summed E-state index contributed by atoms with van der Waals surface area (Å²) in [7, 11) is 0. The second-order valence-corrected chi connectivity index (χ2v) is 5.92. The summed E-state index contributed by atoms with van der Waals surface area (Å²) in [6, 6.07) is 9.51. The molecule has 0 saturated heterocycles. The number of benzene rings is 2. The zero-order valence-electron chi connectivity index (χ0n) is 14.5. The van der Waals surface area contributed by atoms with Gasteiger partial charge in [0.1, 0.15) is 5.69 Å². The first-order valence-corrected chi connectivity index (χ1v) is 7.97. The van der Waals surface area contributed by atoms with Gasteiger partial charge in [-0.05, 0) is 25.1 Å². The summed E-state index contributed by atoms with van der Waals surface area (Å²) in [5, 5.41) is 25.8. The number of imide groups is 1. The van der Waals surface area contributed by atoms with Gasteiger partial charge >= 0.3 is 5.69 Å². The largest absolute Gasteiger partial charge is 0.301 e. The molecule has 0 saturated carbocycles. The third-order valence-corrected chi connectivity index (χ3v) is 4.02. The van der Waals surface area contributed by atoms with Crippen LogP contribution in [0, 0.1) is 20.2 Å². The SMILES string of the molecule is C/C(CN1C(=O)c2ccccc2C1=O)=N/Nc1ccc([N+](=O)[O-])cc1[N+](=O)[O-]. The van der Waals surface area contributed by atoms with E-state index in [2.05, 4.69) is 10.5 Å². The Hall–Kier alpha value is -4.15. The van der Waals surface area contributed by atoms with Crippen LogP contribution in [0.4, 0.5) is 17.1 Å². The number of nitro benzene ring substituents is 2. The van der Waals surface area contributed by atoms with Crippen LogP contribution in [0.15, 0.2) is 47.6 Å². The van der Waals surface area contributed by atoms with Crippen LogP contribution in [0.3, 0.4) is 0 Å². The lowest BCUT2D eigenvalue weighted by atomic mass is 10.1. The van der Waals surface area contributed by atoms with Crippen molar-refractivity contribution in [3.8, 4) is 0 Å². The maximum absolute atomic E-state index is 12.3. The van der Waals surface area contributed by atoms with Crippen molar-refractivity contribution in [3.63, 3.8) is 0 Å². The van der Waals surface area contributed by atoms with Crippen molar-refractivity contribution < 1.29 is 19.4 Å². The van der Waals surface area contributed by atoms with E-state index in [-0.39, 0.29) is 12.2 Å². The van der Waals surface area contributed by atoms with E-state index in [0.29, 0.717) is 16.8 Å². The Morgan fingerprint density at radius 2 is 1.64 bits per heavy atom. The first-order chi connectivity index (χ1) is 13.3. The van der Waals surface area contributed by atoms with E-state index < -0.39 is 33.0 Å². The Kier molecular flexibility index (Phi) is 4.81. The number of hydrazone groups is 1. The second-order valence-electron chi connectivity index (χ2n) is 5.92. The van der Waals surface area contributed by atoms with Gasteiger partial charge in [-0.3, -0.25) is 40.1 Å². The minimum atomic E-state index is -0.773. The van der Waals surface area contributed by atoms with Crippen LogP contribution < -0.4 is 5.43 Å². The summed E-state index contributed by atoms with van der Waals surface area (Å²) in [5.74, 6) is -0.895. The number of anilines is 1. The van der Waals surface area contributed by atoms with Crippen LogP contribution in [-0.2, 0) is 0 Å². The van der Waals surface area contributed by atoms with Gasteiger partial charge in [0.05, 0.1) is 39.3 Å². The van der Waals surface area contributed by atoms with E-state index in [0.717, 1.165) is 23.1 Å². The van der Waals surface area contributed by atoms with Crippen LogP contribution >= 0.6 is 0 Å². The lowest BCUT2D eigenvalue weighted by Crippen LogP contribution is -2.34. The van der Waals surface area contributed by atoms with E-state index in [1.807, 2.05) is 0 Å². The molecule has 0 spiro atoms. The highest BCUT2D eigenvalue weighted by atomic mass is 16.6. The molecule has 1 heterocycles. The van der Waals surface area contributed by atoms with Gasteiger partial charge in [-0.15, -0.1) is 0 Å². The highest BCUT2D eigenvalue weighted by Crippen LogP contribution is 2.29. The number of non-ortho nitro benzene ring substituents is 1. The number of hydrogen-bond donors (Lipinski definition) is 1. The number of nitro groups is 2. The fourth-order valence-corrected chi connectivity index (χ4v) is 2.68. The molecule has 3 rings (SSSR count). The Balaban J connectivity index is 1.77. The monoisotopic (exact) mass is 383 g/mol. The van der Waals surface area contributed by atoms with Crippen molar-refractivity contribution in [1.29, 1.82) is 0 Å². The standard InChI is InChI=1S/C17H13N5O6/c1-10(9-20-16(23)12-4-2-3-5-13(12)17(20)24)18-19-14-7-6-11(21(25)26)8-15(14)22(27)28/h2-8,19H,9H2,1H3/b18-10-. The number of fused-ring (bicyclic) bond motifs is 1. The quantitative estimate of drug-likeness (QED) is 0.349. The van der Waals surface area contributed by atoms with E-state index in [1.165, 1.54) is 6.92 Å². The topological polar surface area (TPSA) is 148 Å². The average molecular weight is 383 g/mol. The molecular weight excluding hydrogens is 370 g/mol. The van der Waals surface area contributed by atoms with Crippen LogP contribution in [0.2, 0.25) is 0 Å². The number of rotatable bonds is 6. The molecule has 0 bridgehead atoms. The van der Waals surface area contributed by atoms with Crippen molar-refractivity contribution in [3.05, 3.63) is 73.8 Å². The summed E-state index contributed by atoms with van der Waals surface area (Å²) in [5.41, 5.74) is 2.37. The van der Waals surface area contributed by atoms with Crippen molar-refractivity contribution in [2.75, 3.05) is 12.0 Å². The number of nitrogens with zero attached hydrogens (tertiary/aromatic N) is 4. The van der Waals surface area contributed by atoms with Crippen LogP contribution in [0.5, 0.6) is 0 Å². The van der Waals surface area contributed by atoms with Gasteiger partial charge in [-0.25, -0.2) is 0 Å². The smallest absolute Gasteiger partial charge is 0.272 e. The van der Waals surface area contributed by atoms with Crippen molar-refractivity contribution in [1.82, 2.24) is 4.90 Å². The fourth-order valence-electron chi connectivity index (χ4n) is 2.68. The fraction of sp³-hybridized carbons (Fsp3) is 0.118. The molecule has 0 radical (unpaired) electrons. The van der Waals surface area contributed by atoms with Crippen LogP contribution in [-0.4, -0.2) is 38.8 Å².